The van der Waals surface area contributed by atoms with E-state index in [9.17, 15) is 4.79 Å². The molecule has 1 unspecified atom stereocenters. The van der Waals surface area contributed by atoms with Crippen molar-refractivity contribution in [2.75, 3.05) is 0 Å². The summed E-state index contributed by atoms with van der Waals surface area (Å²) in [4.78, 5) is 12.0. The van der Waals surface area contributed by atoms with E-state index < -0.39 is 0 Å². The number of carbonyl (C=O) groups excluding carboxylic acids is 1. The van der Waals surface area contributed by atoms with Crippen molar-refractivity contribution in [3.63, 3.8) is 0 Å². The lowest BCUT2D eigenvalue weighted by Gasteiger charge is -2.13. The minimum absolute atomic E-state index is 0.129. The maximum atomic E-state index is 12.0. The molecule has 0 saturated heterocycles. The van der Waals surface area contributed by atoms with Crippen LogP contribution in [0.5, 0.6) is 0 Å². The van der Waals surface area contributed by atoms with Crippen molar-refractivity contribution in [3.8, 4) is 0 Å². The van der Waals surface area contributed by atoms with Crippen molar-refractivity contribution in [1.82, 2.24) is 5.32 Å². The van der Waals surface area contributed by atoms with Gasteiger partial charge in [-0.25, -0.2) is 0 Å². The molecular formula is C14H15ClN2O2. The van der Waals surface area contributed by atoms with Crippen LogP contribution in [0.15, 0.2) is 40.8 Å². The molecule has 0 aliphatic rings. The molecule has 0 saturated carbocycles. The van der Waals surface area contributed by atoms with E-state index in [4.69, 9.17) is 21.8 Å². The van der Waals surface area contributed by atoms with Crippen LogP contribution in [-0.4, -0.2) is 5.91 Å². The Bertz CT molecular complexity index is 563. The molecule has 1 aromatic heterocycles. The van der Waals surface area contributed by atoms with E-state index in [1.807, 2.05) is 19.1 Å². The molecule has 1 atom stereocenters. The van der Waals surface area contributed by atoms with Gasteiger partial charge in [0.05, 0.1) is 12.6 Å². The number of hydrogen-bond donors (Lipinski definition) is 2. The summed E-state index contributed by atoms with van der Waals surface area (Å²) in [6.07, 6.45) is 0. The Kier molecular flexibility index (Phi) is 4.24. The molecule has 19 heavy (non-hydrogen) atoms. The van der Waals surface area contributed by atoms with Crippen LogP contribution in [0.25, 0.3) is 0 Å². The van der Waals surface area contributed by atoms with Gasteiger partial charge in [0.1, 0.15) is 5.76 Å². The van der Waals surface area contributed by atoms with Gasteiger partial charge in [0.2, 0.25) is 0 Å². The summed E-state index contributed by atoms with van der Waals surface area (Å²) in [6, 6.07) is 10.5. The first-order valence-electron chi connectivity index (χ1n) is 5.95. The van der Waals surface area contributed by atoms with Crippen LogP contribution in [-0.2, 0) is 6.54 Å². The lowest BCUT2D eigenvalue weighted by molar-refractivity contribution is 0.0910. The third-order valence-corrected chi connectivity index (χ3v) is 3.06. The molecule has 2 rings (SSSR count). The van der Waals surface area contributed by atoms with Crippen molar-refractivity contribution < 1.29 is 9.21 Å². The molecule has 4 nitrogen and oxygen atoms in total. The lowest BCUT2D eigenvalue weighted by atomic mass is 10.1. The molecule has 1 amide bonds. The van der Waals surface area contributed by atoms with Crippen LogP contribution in [0, 0.1) is 0 Å². The number of rotatable bonds is 4. The van der Waals surface area contributed by atoms with Crippen molar-refractivity contribution in [2.24, 2.45) is 5.73 Å². The van der Waals surface area contributed by atoms with E-state index in [0.717, 1.165) is 5.56 Å². The second-order valence-corrected chi connectivity index (χ2v) is 4.65. The first-order chi connectivity index (χ1) is 9.10. The highest BCUT2D eigenvalue weighted by molar-refractivity contribution is 6.30. The Morgan fingerprint density at radius 3 is 2.58 bits per heavy atom. The average Bonchev–Trinajstić information content (AvgIpc) is 2.88. The van der Waals surface area contributed by atoms with Gasteiger partial charge in [0.25, 0.3) is 5.91 Å². The van der Waals surface area contributed by atoms with E-state index in [-0.39, 0.29) is 24.3 Å². The fourth-order valence-corrected chi connectivity index (χ4v) is 1.84. The zero-order valence-electron chi connectivity index (χ0n) is 10.5. The van der Waals surface area contributed by atoms with Gasteiger partial charge in [0.15, 0.2) is 5.76 Å². The first-order valence-corrected chi connectivity index (χ1v) is 6.33. The number of amides is 1. The molecule has 0 aliphatic heterocycles. The fraction of sp³-hybridized carbons (Fsp3) is 0.214. The zero-order chi connectivity index (χ0) is 13.8. The Morgan fingerprint density at radius 2 is 2.00 bits per heavy atom. The van der Waals surface area contributed by atoms with Crippen molar-refractivity contribution in [1.29, 1.82) is 0 Å². The standard InChI is InChI=1S/C14H15ClN2O2/c1-9(10-2-4-11(15)5-3-10)17-14(18)13-7-6-12(8-16)19-13/h2-7,9H,8,16H2,1H3,(H,17,18). The number of hydrogen-bond acceptors (Lipinski definition) is 3. The summed E-state index contributed by atoms with van der Waals surface area (Å²) in [7, 11) is 0. The molecule has 0 aliphatic carbocycles. The zero-order valence-corrected chi connectivity index (χ0v) is 11.3. The molecule has 2 aromatic rings. The second-order valence-electron chi connectivity index (χ2n) is 4.22. The maximum Gasteiger partial charge on any atom is 0.287 e. The molecule has 5 heteroatoms. The maximum absolute atomic E-state index is 12.0. The summed E-state index contributed by atoms with van der Waals surface area (Å²) in [5, 5.41) is 3.52. The van der Waals surface area contributed by atoms with Crippen molar-refractivity contribution in [2.45, 2.75) is 19.5 Å². The smallest absolute Gasteiger partial charge is 0.287 e. The molecule has 3 N–H and O–H groups in total. The van der Waals surface area contributed by atoms with Crippen LogP contribution >= 0.6 is 11.6 Å². The van der Waals surface area contributed by atoms with Gasteiger partial charge in [-0.2, -0.15) is 0 Å². The highest BCUT2D eigenvalue weighted by atomic mass is 35.5. The Labute approximate surface area is 116 Å². The minimum Gasteiger partial charge on any atom is -0.455 e. The summed E-state index contributed by atoms with van der Waals surface area (Å²) in [5.41, 5.74) is 6.41. The van der Waals surface area contributed by atoms with Gasteiger partial charge in [-0.15, -0.1) is 0 Å². The summed E-state index contributed by atoms with van der Waals surface area (Å²) < 4.78 is 5.29. The third kappa shape index (κ3) is 3.36. The van der Waals surface area contributed by atoms with Gasteiger partial charge >= 0.3 is 0 Å². The number of benzene rings is 1. The SMILES string of the molecule is CC(NC(=O)c1ccc(CN)o1)c1ccc(Cl)cc1. The topological polar surface area (TPSA) is 68.3 Å². The highest BCUT2D eigenvalue weighted by Crippen LogP contribution is 2.17. The van der Waals surface area contributed by atoms with Crippen LogP contribution < -0.4 is 11.1 Å². The van der Waals surface area contributed by atoms with E-state index in [1.54, 1.807) is 24.3 Å². The molecule has 1 heterocycles. The highest BCUT2D eigenvalue weighted by Gasteiger charge is 2.14. The summed E-state index contributed by atoms with van der Waals surface area (Å²) >= 11 is 5.82. The van der Waals surface area contributed by atoms with E-state index in [0.29, 0.717) is 10.8 Å². The van der Waals surface area contributed by atoms with Crippen LogP contribution in [0.3, 0.4) is 0 Å². The largest absolute Gasteiger partial charge is 0.455 e. The van der Waals surface area contributed by atoms with E-state index in [2.05, 4.69) is 5.32 Å². The monoisotopic (exact) mass is 278 g/mol. The van der Waals surface area contributed by atoms with Crippen LogP contribution in [0.1, 0.15) is 34.8 Å². The molecule has 0 spiro atoms. The van der Waals surface area contributed by atoms with Gasteiger partial charge in [-0.1, -0.05) is 23.7 Å². The molecule has 0 fully saturated rings. The Morgan fingerprint density at radius 1 is 1.32 bits per heavy atom. The van der Waals surface area contributed by atoms with E-state index >= 15 is 0 Å². The molecule has 0 radical (unpaired) electrons. The lowest BCUT2D eigenvalue weighted by Crippen LogP contribution is -2.26. The predicted molar refractivity (Wildman–Crippen MR) is 73.9 cm³/mol. The Balaban J connectivity index is 2.04. The van der Waals surface area contributed by atoms with Crippen molar-refractivity contribution in [3.05, 3.63) is 58.5 Å². The average molecular weight is 279 g/mol. The van der Waals surface area contributed by atoms with Gasteiger partial charge in [-0.3, -0.25) is 4.79 Å². The molecule has 1 aromatic carbocycles. The first kappa shape index (κ1) is 13.6. The van der Waals surface area contributed by atoms with Crippen LogP contribution in [0.4, 0.5) is 0 Å². The second kappa shape index (κ2) is 5.91. The minimum atomic E-state index is -0.262. The van der Waals surface area contributed by atoms with Gasteiger partial charge < -0.3 is 15.5 Å². The normalized spacial score (nSPS) is 12.2. The van der Waals surface area contributed by atoms with Crippen molar-refractivity contribution >= 4 is 17.5 Å². The molecule has 0 bridgehead atoms. The van der Waals surface area contributed by atoms with Gasteiger partial charge in [0, 0.05) is 5.02 Å². The quantitative estimate of drug-likeness (QED) is 0.903. The number of nitrogens with one attached hydrogen (secondary N) is 1. The third-order valence-electron chi connectivity index (χ3n) is 2.80. The number of halogens is 1. The van der Waals surface area contributed by atoms with Gasteiger partial charge in [-0.05, 0) is 36.8 Å². The number of carbonyl (C=O) groups is 1. The summed E-state index contributed by atoms with van der Waals surface area (Å²) in [6.45, 7) is 2.17. The summed E-state index contributed by atoms with van der Waals surface area (Å²) in [5.74, 6) is 0.590. The molecule has 100 valence electrons. The molecular weight excluding hydrogens is 264 g/mol. The number of nitrogens with two attached hydrogens (primary N) is 1. The Hall–Kier alpha value is -1.78. The fourth-order valence-electron chi connectivity index (χ4n) is 1.71. The predicted octanol–water partition coefficient (Wildman–Crippen LogP) is 2.88. The van der Waals surface area contributed by atoms with E-state index in [1.165, 1.54) is 0 Å². The van der Waals surface area contributed by atoms with Crippen LogP contribution in [0.2, 0.25) is 5.02 Å². The number of furan rings is 1.